The van der Waals surface area contributed by atoms with Crippen molar-refractivity contribution in [3.8, 4) is 5.75 Å². The zero-order chi connectivity index (χ0) is 16.1. The molecule has 0 aromatic heterocycles. The smallest absolute Gasteiger partial charge is 0.224 e. The SMILES string of the molecule is CCC(=O)Nc1ccc(Cl)cc1COc1ccc(C)cc1C. The number of aryl methyl sites for hydroxylation is 2. The molecule has 3 nitrogen and oxygen atoms in total. The molecule has 0 spiro atoms. The summed E-state index contributed by atoms with van der Waals surface area (Å²) in [5.41, 5.74) is 3.87. The quantitative estimate of drug-likeness (QED) is 0.853. The second-order valence-electron chi connectivity index (χ2n) is 5.26. The van der Waals surface area contributed by atoms with Gasteiger partial charge in [0.25, 0.3) is 0 Å². The summed E-state index contributed by atoms with van der Waals surface area (Å²) in [6.45, 7) is 6.23. The fraction of sp³-hybridized carbons (Fsp3) is 0.278. The fourth-order valence-corrected chi connectivity index (χ4v) is 2.35. The summed E-state index contributed by atoms with van der Waals surface area (Å²) < 4.78 is 5.88. The van der Waals surface area contributed by atoms with Gasteiger partial charge < -0.3 is 10.1 Å². The van der Waals surface area contributed by atoms with E-state index in [1.54, 1.807) is 12.1 Å². The molecule has 2 rings (SSSR count). The molecule has 1 amide bonds. The van der Waals surface area contributed by atoms with Gasteiger partial charge in [-0.25, -0.2) is 0 Å². The minimum Gasteiger partial charge on any atom is -0.489 e. The normalized spacial score (nSPS) is 10.4. The zero-order valence-corrected chi connectivity index (χ0v) is 13.8. The molecule has 0 aliphatic rings. The molecule has 4 heteroatoms. The Morgan fingerprint density at radius 2 is 1.95 bits per heavy atom. The Balaban J connectivity index is 2.17. The van der Waals surface area contributed by atoms with Gasteiger partial charge in [0, 0.05) is 22.7 Å². The first-order valence-corrected chi connectivity index (χ1v) is 7.65. The van der Waals surface area contributed by atoms with Crippen molar-refractivity contribution in [2.45, 2.75) is 33.8 Å². The van der Waals surface area contributed by atoms with Crippen molar-refractivity contribution >= 4 is 23.2 Å². The lowest BCUT2D eigenvalue weighted by Gasteiger charge is -2.14. The van der Waals surface area contributed by atoms with Crippen LogP contribution in [0.15, 0.2) is 36.4 Å². The van der Waals surface area contributed by atoms with E-state index in [1.165, 1.54) is 5.56 Å². The Bertz CT molecular complexity index is 683. The van der Waals surface area contributed by atoms with E-state index in [0.717, 1.165) is 22.6 Å². The predicted octanol–water partition coefficient (Wildman–Crippen LogP) is 4.88. The Hall–Kier alpha value is -2.00. The third-order valence-electron chi connectivity index (χ3n) is 3.38. The number of carbonyl (C=O) groups is 1. The van der Waals surface area contributed by atoms with Gasteiger partial charge >= 0.3 is 0 Å². The Kier molecular flexibility index (Phi) is 5.45. The van der Waals surface area contributed by atoms with Gasteiger partial charge in [-0.3, -0.25) is 4.79 Å². The Morgan fingerprint density at radius 1 is 1.18 bits per heavy atom. The van der Waals surface area contributed by atoms with Crippen molar-refractivity contribution in [2.24, 2.45) is 0 Å². The van der Waals surface area contributed by atoms with E-state index in [9.17, 15) is 4.79 Å². The summed E-state index contributed by atoms with van der Waals surface area (Å²) in [6.07, 6.45) is 0.431. The summed E-state index contributed by atoms with van der Waals surface area (Å²) in [6, 6.07) is 11.4. The topological polar surface area (TPSA) is 38.3 Å². The summed E-state index contributed by atoms with van der Waals surface area (Å²) in [5, 5.41) is 3.49. The largest absolute Gasteiger partial charge is 0.489 e. The zero-order valence-electron chi connectivity index (χ0n) is 13.1. The van der Waals surface area contributed by atoms with Crippen LogP contribution in [-0.2, 0) is 11.4 Å². The predicted molar refractivity (Wildman–Crippen MR) is 90.6 cm³/mol. The van der Waals surface area contributed by atoms with Gasteiger partial charge in [-0.2, -0.15) is 0 Å². The number of halogens is 1. The van der Waals surface area contributed by atoms with Crippen LogP contribution < -0.4 is 10.1 Å². The molecule has 2 aromatic rings. The van der Waals surface area contributed by atoms with Crippen molar-refractivity contribution in [3.05, 3.63) is 58.1 Å². The highest BCUT2D eigenvalue weighted by atomic mass is 35.5. The summed E-state index contributed by atoms with van der Waals surface area (Å²) in [7, 11) is 0. The average Bonchev–Trinajstić information content (AvgIpc) is 2.48. The van der Waals surface area contributed by atoms with E-state index in [0.29, 0.717) is 18.1 Å². The molecule has 0 saturated carbocycles. The number of hydrogen-bond acceptors (Lipinski definition) is 2. The van der Waals surface area contributed by atoms with E-state index >= 15 is 0 Å². The average molecular weight is 318 g/mol. The van der Waals surface area contributed by atoms with E-state index < -0.39 is 0 Å². The number of amides is 1. The molecule has 0 atom stereocenters. The Labute approximate surface area is 136 Å². The van der Waals surface area contributed by atoms with Crippen molar-refractivity contribution < 1.29 is 9.53 Å². The standard InChI is InChI=1S/C18H20ClNO2/c1-4-18(21)20-16-7-6-15(19)10-14(16)11-22-17-8-5-12(2)9-13(17)3/h5-10H,4,11H2,1-3H3,(H,20,21). The molecule has 0 aliphatic heterocycles. The summed E-state index contributed by atoms with van der Waals surface area (Å²) in [4.78, 5) is 11.6. The first-order chi connectivity index (χ1) is 10.5. The molecule has 0 heterocycles. The third kappa shape index (κ3) is 4.25. The molecule has 0 fully saturated rings. The van der Waals surface area contributed by atoms with Crippen LogP contribution in [-0.4, -0.2) is 5.91 Å². The number of rotatable bonds is 5. The molecule has 1 N–H and O–H groups in total. The van der Waals surface area contributed by atoms with Crippen LogP contribution in [0.25, 0.3) is 0 Å². The minimum absolute atomic E-state index is 0.0323. The van der Waals surface area contributed by atoms with Gasteiger partial charge in [0.05, 0.1) is 0 Å². The van der Waals surface area contributed by atoms with Crippen molar-refractivity contribution in [2.75, 3.05) is 5.32 Å². The fourth-order valence-electron chi connectivity index (χ4n) is 2.16. The van der Waals surface area contributed by atoms with Crippen LogP contribution in [0.3, 0.4) is 0 Å². The molecule has 0 bridgehead atoms. The molecule has 0 aliphatic carbocycles. The monoisotopic (exact) mass is 317 g/mol. The van der Waals surface area contributed by atoms with Crippen molar-refractivity contribution in [1.82, 2.24) is 0 Å². The number of ether oxygens (including phenoxy) is 1. The highest BCUT2D eigenvalue weighted by Crippen LogP contribution is 2.25. The van der Waals surface area contributed by atoms with E-state index in [4.69, 9.17) is 16.3 Å². The van der Waals surface area contributed by atoms with Crippen LogP contribution in [0, 0.1) is 13.8 Å². The maximum atomic E-state index is 11.6. The number of anilines is 1. The number of nitrogens with one attached hydrogen (secondary N) is 1. The molecule has 22 heavy (non-hydrogen) atoms. The van der Waals surface area contributed by atoms with Gasteiger partial charge in [0.2, 0.25) is 5.91 Å². The lowest BCUT2D eigenvalue weighted by Crippen LogP contribution is -2.12. The number of hydrogen-bond donors (Lipinski definition) is 1. The number of carbonyl (C=O) groups excluding carboxylic acids is 1. The van der Waals surface area contributed by atoms with Gasteiger partial charge in [-0.05, 0) is 43.7 Å². The van der Waals surface area contributed by atoms with Crippen LogP contribution in [0.4, 0.5) is 5.69 Å². The first-order valence-electron chi connectivity index (χ1n) is 7.28. The minimum atomic E-state index is -0.0323. The molecular formula is C18H20ClNO2. The van der Waals surface area contributed by atoms with Gasteiger partial charge in [0.1, 0.15) is 12.4 Å². The maximum absolute atomic E-state index is 11.6. The van der Waals surface area contributed by atoms with E-state index in [1.807, 2.05) is 39.0 Å². The highest BCUT2D eigenvalue weighted by Gasteiger charge is 2.08. The van der Waals surface area contributed by atoms with Crippen molar-refractivity contribution in [1.29, 1.82) is 0 Å². The molecule has 0 saturated heterocycles. The lowest BCUT2D eigenvalue weighted by atomic mass is 10.1. The van der Waals surface area contributed by atoms with E-state index in [-0.39, 0.29) is 5.91 Å². The van der Waals surface area contributed by atoms with Crippen LogP contribution in [0.5, 0.6) is 5.75 Å². The van der Waals surface area contributed by atoms with Crippen LogP contribution in [0.1, 0.15) is 30.0 Å². The van der Waals surface area contributed by atoms with Gasteiger partial charge in [0.15, 0.2) is 0 Å². The molecule has 0 unspecified atom stereocenters. The van der Waals surface area contributed by atoms with E-state index in [2.05, 4.69) is 11.4 Å². The molecule has 116 valence electrons. The lowest BCUT2D eigenvalue weighted by molar-refractivity contribution is -0.115. The molecule has 0 radical (unpaired) electrons. The Morgan fingerprint density at radius 3 is 2.64 bits per heavy atom. The summed E-state index contributed by atoms with van der Waals surface area (Å²) in [5.74, 6) is 0.799. The highest BCUT2D eigenvalue weighted by molar-refractivity contribution is 6.30. The maximum Gasteiger partial charge on any atom is 0.224 e. The number of benzene rings is 2. The summed E-state index contributed by atoms with van der Waals surface area (Å²) >= 11 is 6.05. The third-order valence-corrected chi connectivity index (χ3v) is 3.61. The second kappa shape index (κ2) is 7.32. The second-order valence-corrected chi connectivity index (χ2v) is 5.70. The molecular weight excluding hydrogens is 298 g/mol. The van der Waals surface area contributed by atoms with Crippen LogP contribution >= 0.6 is 11.6 Å². The first kappa shape index (κ1) is 16.4. The van der Waals surface area contributed by atoms with Crippen molar-refractivity contribution in [3.63, 3.8) is 0 Å². The van der Waals surface area contributed by atoms with Crippen LogP contribution in [0.2, 0.25) is 5.02 Å². The molecule has 2 aromatic carbocycles. The van der Waals surface area contributed by atoms with Gasteiger partial charge in [-0.1, -0.05) is 36.2 Å². The van der Waals surface area contributed by atoms with Gasteiger partial charge in [-0.15, -0.1) is 0 Å².